The summed E-state index contributed by atoms with van der Waals surface area (Å²) in [5, 5.41) is 2.98. The van der Waals surface area contributed by atoms with Gasteiger partial charge in [-0.25, -0.2) is 0 Å². The van der Waals surface area contributed by atoms with Crippen LogP contribution in [0, 0.1) is 0 Å². The van der Waals surface area contributed by atoms with Crippen LogP contribution in [0.2, 0.25) is 0 Å². The standard InChI is InChI=1S/C17H30N2O2/c1-3-5-6-10-13-19-15(20)14(4-2)18-16(21)17(19)11-8-7-9-12-17/h14H,3-13H2,1-2H3,(H,18,21). The van der Waals surface area contributed by atoms with E-state index in [0.29, 0.717) is 6.42 Å². The normalized spacial score (nSPS) is 25.2. The molecule has 120 valence electrons. The van der Waals surface area contributed by atoms with E-state index in [1.165, 1.54) is 19.3 Å². The lowest BCUT2D eigenvalue weighted by Gasteiger charge is -2.50. The molecular weight excluding hydrogens is 264 g/mol. The lowest BCUT2D eigenvalue weighted by molar-refractivity contribution is -0.160. The predicted octanol–water partition coefficient (Wildman–Crippen LogP) is 3.01. The fourth-order valence-corrected chi connectivity index (χ4v) is 3.81. The van der Waals surface area contributed by atoms with Gasteiger partial charge in [-0.05, 0) is 25.7 Å². The molecule has 0 aromatic heterocycles. The van der Waals surface area contributed by atoms with Crippen LogP contribution in [0.4, 0.5) is 0 Å². The highest BCUT2D eigenvalue weighted by molar-refractivity contribution is 5.99. The van der Waals surface area contributed by atoms with Crippen LogP contribution in [0.5, 0.6) is 0 Å². The van der Waals surface area contributed by atoms with Crippen molar-refractivity contribution < 1.29 is 9.59 Å². The van der Waals surface area contributed by atoms with Crippen LogP contribution in [0.1, 0.15) is 78.1 Å². The summed E-state index contributed by atoms with van der Waals surface area (Å²) in [5.41, 5.74) is -0.535. The lowest BCUT2D eigenvalue weighted by Crippen LogP contribution is -2.71. The fraction of sp³-hybridized carbons (Fsp3) is 0.882. The molecular formula is C17H30N2O2. The molecule has 1 saturated carbocycles. The van der Waals surface area contributed by atoms with Crippen molar-refractivity contribution in [2.75, 3.05) is 6.54 Å². The van der Waals surface area contributed by atoms with Gasteiger partial charge in [-0.1, -0.05) is 52.4 Å². The number of hydrogen-bond donors (Lipinski definition) is 1. The number of nitrogens with zero attached hydrogens (tertiary/aromatic N) is 1. The highest BCUT2D eigenvalue weighted by Crippen LogP contribution is 2.37. The molecule has 0 bridgehead atoms. The van der Waals surface area contributed by atoms with Gasteiger partial charge in [-0.15, -0.1) is 0 Å². The van der Waals surface area contributed by atoms with Crippen LogP contribution in [-0.2, 0) is 9.59 Å². The Morgan fingerprint density at radius 3 is 2.43 bits per heavy atom. The third-order valence-corrected chi connectivity index (χ3v) is 5.13. The Kier molecular flexibility index (Phi) is 5.65. The maximum absolute atomic E-state index is 12.8. The molecule has 2 rings (SSSR count). The fourth-order valence-electron chi connectivity index (χ4n) is 3.81. The molecule has 21 heavy (non-hydrogen) atoms. The molecule has 1 aliphatic carbocycles. The maximum atomic E-state index is 12.8. The summed E-state index contributed by atoms with van der Waals surface area (Å²) >= 11 is 0. The predicted molar refractivity (Wildman–Crippen MR) is 83.9 cm³/mol. The molecule has 1 spiro atoms. The highest BCUT2D eigenvalue weighted by Gasteiger charge is 2.51. The zero-order valence-corrected chi connectivity index (χ0v) is 13.6. The second kappa shape index (κ2) is 7.28. The molecule has 1 saturated heterocycles. The Labute approximate surface area is 128 Å². The number of amides is 2. The molecule has 2 fully saturated rings. The molecule has 0 aromatic carbocycles. The van der Waals surface area contributed by atoms with Crippen LogP contribution >= 0.6 is 0 Å². The number of unbranched alkanes of at least 4 members (excludes halogenated alkanes) is 3. The topological polar surface area (TPSA) is 49.4 Å². The molecule has 1 N–H and O–H groups in total. The van der Waals surface area contributed by atoms with Crippen molar-refractivity contribution >= 4 is 11.8 Å². The van der Waals surface area contributed by atoms with Gasteiger partial charge < -0.3 is 10.2 Å². The zero-order chi connectivity index (χ0) is 15.3. The van der Waals surface area contributed by atoms with Crippen molar-refractivity contribution in [3.63, 3.8) is 0 Å². The second-order valence-electron chi connectivity index (χ2n) is 6.58. The zero-order valence-electron chi connectivity index (χ0n) is 13.6. The van der Waals surface area contributed by atoms with Gasteiger partial charge in [0.1, 0.15) is 11.6 Å². The van der Waals surface area contributed by atoms with E-state index in [0.717, 1.165) is 45.1 Å². The number of nitrogens with one attached hydrogen (secondary N) is 1. The van der Waals surface area contributed by atoms with E-state index in [4.69, 9.17) is 0 Å². The molecule has 4 heteroatoms. The van der Waals surface area contributed by atoms with Crippen LogP contribution in [0.25, 0.3) is 0 Å². The van der Waals surface area contributed by atoms with E-state index in [-0.39, 0.29) is 17.9 Å². The third kappa shape index (κ3) is 3.24. The van der Waals surface area contributed by atoms with Gasteiger partial charge >= 0.3 is 0 Å². The Morgan fingerprint density at radius 2 is 1.81 bits per heavy atom. The maximum Gasteiger partial charge on any atom is 0.246 e. The van der Waals surface area contributed by atoms with Gasteiger partial charge in [0.05, 0.1) is 0 Å². The SMILES string of the molecule is CCCCCCN1C(=O)C(CC)NC(=O)C12CCCCC2. The molecule has 0 radical (unpaired) electrons. The number of hydrogen-bond acceptors (Lipinski definition) is 2. The average Bonchev–Trinajstić information content (AvgIpc) is 2.51. The van der Waals surface area contributed by atoms with Crippen molar-refractivity contribution in [1.29, 1.82) is 0 Å². The van der Waals surface area contributed by atoms with Crippen molar-refractivity contribution in [2.45, 2.75) is 89.6 Å². The minimum absolute atomic E-state index is 0.101. The van der Waals surface area contributed by atoms with Crippen LogP contribution in [0.15, 0.2) is 0 Å². The van der Waals surface area contributed by atoms with Crippen molar-refractivity contribution in [2.24, 2.45) is 0 Å². The van der Waals surface area contributed by atoms with Crippen molar-refractivity contribution in [1.82, 2.24) is 10.2 Å². The molecule has 1 aliphatic heterocycles. The van der Waals surface area contributed by atoms with E-state index in [9.17, 15) is 9.59 Å². The number of piperazine rings is 1. The molecule has 2 amide bonds. The first-order chi connectivity index (χ1) is 10.2. The Balaban J connectivity index is 2.14. The molecule has 4 nitrogen and oxygen atoms in total. The minimum Gasteiger partial charge on any atom is -0.342 e. The summed E-state index contributed by atoms with van der Waals surface area (Å²) in [5.74, 6) is 0.250. The summed E-state index contributed by atoms with van der Waals surface area (Å²) in [7, 11) is 0. The Bertz CT molecular complexity index is 375. The van der Waals surface area contributed by atoms with Gasteiger partial charge in [-0.3, -0.25) is 9.59 Å². The second-order valence-corrected chi connectivity index (χ2v) is 6.58. The lowest BCUT2D eigenvalue weighted by atomic mass is 9.77. The first-order valence-electron chi connectivity index (χ1n) is 8.78. The Morgan fingerprint density at radius 1 is 1.10 bits per heavy atom. The molecule has 1 unspecified atom stereocenters. The van der Waals surface area contributed by atoms with Crippen LogP contribution in [-0.4, -0.2) is 34.8 Å². The van der Waals surface area contributed by atoms with E-state index in [1.807, 2.05) is 11.8 Å². The molecule has 2 aliphatic rings. The van der Waals surface area contributed by atoms with Crippen LogP contribution < -0.4 is 5.32 Å². The summed E-state index contributed by atoms with van der Waals surface area (Å²) < 4.78 is 0. The molecule has 0 aromatic rings. The van der Waals surface area contributed by atoms with Gasteiger partial charge in [0.25, 0.3) is 0 Å². The molecule has 1 heterocycles. The van der Waals surface area contributed by atoms with Gasteiger partial charge in [0.2, 0.25) is 11.8 Å². The van der Waals surface area contributed by atoms with Gasteiger partial charge in [-0.2, -0.15) is 0 Å². The van der Waals surface area contributed by atoms with E-state index in [1.54, 1.807) is 0 Å². The number of carbonyl (C=O) groups is 2. The summed E-state index contributed by atoms with van der Waals surface area (Å²) in [6.07, 6.45) is 10.2. The summed E-state index contributed by atoms with van der Waals surface area (Å²) in [6.45, 7) is 4.91. The monoisotopic (exact) mass is 294 g/mol. The van der Waals surface area contributed by atoms with Crippen molar-refractivity contribution in [3.05, 3.63) is 0 Å². The first-order valence-corrected chi connectivity index (χ1v) is 8.78. The quantitative estimate of drug-likeness (QED) is 0.766. The summed E-state index contributed by atoms with van der Waals surface area (Å²) in [6, 6.07) is -0.309. The number of rotatable bonds is 6. The van der Waals surface area contributed by atoms with Crippen molar-refractivity contribution in [3.8, 4) is 0 Å². The summed E-state index contributed by atoms with van der Waals surface area (Å²) in [4.78, 5) is 27.4. The highest BCUT2D eigenvalue weighted by atomic mass is 16.2. The smallest absolute Gasteiger partial charge is 0.246 e. The molecule has 1 atom stereocenters. The third-order valence-electron chi connectivity index (χ3n) is 5.13. The largest absolute Gasteiger partial charge is 0.342 e. The van der Waals surface area contributed by atoms with Crippen LogP contribution in [0.3, 0.4) is 0 Å². The van der Waals surface area contributed by atoms with E-state index < -0.39 is 5.54 Å². The van der Waals surface area contributed by atoms with E-state index in [2.05, 4.69) is 12.2 Å². The van der Waals surface area contributed by atoms with Gasteiger partial charge in [0, 0.05) is 6.54 Å². The average molecular weight is 294 g/mol. The van der Waals surface area contributed by atoms with E-state index >= 15 is 0 Å². The van der Waals surface area contributed by atoms with Gasteiger partial charge in [0.15, 0.2) is 0 Å². The number of carbonyl (C=O) groups excluding carboxylic acids is 2. The minimum atomic E-state index is -0.535. The first kappa shape index (κ1) is 16.3. The Hall–Kier alpha value is -1.06.